The monoisotopic (exact) mass is 231 g/mol. The van der Waals surface area contributed by atoms with Crippen LogP contribution in [0.5, 0.6) is 0 Å². The average molecular weight is 231 g/mol. The third-order valence-corrected chi connectivity index (χ3v) is 3.26. The molecule has 1 saturated heterocycles. The van der Waals surface area contributed by atoms with Crippen LogP contribution in [0.3, 0.4) is 0 Å². The van der Waals surface area contributed by atoms with Gasteiger partial charge in [-0.05, 0) is 31.7 Å². The maximum absolute atomic E-state index is 4.34. The van der Waals surface area contributed by atoms with Crippen LogP contribution in [-0.4, -0.2) is 43.1 Å². The topological polar surface area (TPSA) is 28.2 Å². The van der Waals surface area contributed by atoms with Gasteiger partial charge in [0.05, 0.1) is 0 Å². The zero-order chi connectivity index (χ0) is 12.1. The van der Waals surface area contributed by atoms with E-state index in [1.165, 1.54) is 11.3 Å². The van der Waals surface area contributed by atoms with E-state index in [-0.39, 0.29) is 0 Å². The van der Waals surface area contributed by atoms with E-state index in [1.807, 2.05) is 12.3 Å². The molecule has 1 aliphatic heterocycles. The molecule has 1 aromatic rings. The highest BCUT2D eigenvalue weighted by molar-refractivity contribution is 5.22. The van der Waals surface area contributed by atoms with Gasteiger partial charge in [-0.1, -0.05) is 11.6 Å². The van der Waals surface area contributed by atoms with Crippen molar-refractivity contribution >= 4 is 0 Å². The minimum atomic E-state index is 1.03. The molecule has 0 radical (unpaired) electrons. The first kappa shape index (κ1) is 12.3. The fourth-order valence-electron chi connectivity index (χ4n) is 2.00. The van der Waals surface area contributed by atoms with Crippen molar-refractivity contribution in [1.82, 2.24) is 15.2 Å². The maximum Gasteiger partial charge on any atom is 0.0416 e. The van der Waals surface area contributed by atoms with Crippen LogP contribution in [-0.2, 0) is 6.42 Å². The molecule has 3 heteroatoms. The summed E-state index contributed by atoms with van der Waals surface area (Å²) in [7, 11) is 2.18. The zero-order valence-corrected chi connectivity index (χ0v) is 10.7. The Morgan fingerprint density at radius 1 is 1.41 bits per heavy atom. The van der Waals surface area contributed by atoms with Gasteiger partial charge < -0.3 is 10.2 Å². The maximum atomic E-state index is 4.34. The Kier molecular flexibility index (Phi) is 4.29. The first-order chi connectivity index (χ1) is 8.25. The lowest BCUT2D eigenvalue weighted by Gasteiger charge is -2.25. The van der Waals surface area contributed by atoms with E-state index in [1.54, 1.807) is 5.57 Å². The molecule has 0 amide bonds. The van der Waals surface area contributed by atoms with E-state index in [0.29, 0.717) is 0 Å². The minimum Gasteiger partial charge on any atom is -0.309 e. The molecule has 1 aliphatic rings. The Labute approximate surface area is 104 Å². The largest absolute Gasteiger partial charge is 0.309 e. The van der Waals surface area contributed by atoms with Gasteiger partial charge in [0.2, 0.25) is 0 Å². The minimum absolute atomic E-state index is 1.03. The lowest BCUT2D eigenvalue weighted by molar-refractivity contribution is 0.362. The summed E-state index contributed by atoms with van der Waals surface area (Å²) in [6.45, 7) is 6.55. The number of hydrogen-bond acceptors (Lipinski definition) is 3. The van der Waals surface area contributed by atoms with Crippen LogP contribution < -0.4 is 5.32 Å². The summed E-state index contributed by atoms with van der Waals surface area (Å²) in [5.41, 5.74) is 4.27. The molecular formula is C14H21N3. The Bertz CT molecular complexity index is 378. The quantitative estimate of drug-likeness (QED) is 0.778. The number of nitrogens with one attached hydrogen (secondary N) is 1. The highest BCUT2D eigenvalue weighted by Gasteiger charge is 2.11. The summed E-state index contributed by atoms with van der Waals surface area (Å²) in [5, 5.41) is 3.29. The smallest absolute Gasteiger partial charge is 0.0416 e. The fourth-order valence-corrected chi connectivity index (χ4v) is 2.00. The van der Waals surface area contributed by atoms with Crippen molar-refractivity contribution in [3.63, 3.8) is 0 Å². The van der Waals surface area contributed by atoms with Crippen LogP contribution in [0.15, 0.2) is 35.5 Å². The summed E-state index contributed by atoms with van der Waals surface area (Å²) >= 11 is 0. The SMILES string of the molecule is CC(CN(C)CCc1ccccn1)=C1CNC1. The third kappa shape index (κ3) is 3.65. The third-order valence-electron chi connectivity index (χ3n) is 3.26. The molecule has 17 heavy (non-hydrogen) atoms. The zero-order valence-electron chi connectivity index (χ0n) is 10.7. The molecular weight excluding hydrogens is 210 g/mol. The van der Waals surface area contributed by atoms with Crippen LogP contribution in [0.1, 0.15) is 12.6 Å². The summed E-state index contributed by atoms with van der Waals surface area (Å²) in [6.07, 6.45) is 2.89. The molecule has 0 atom stereocenters. The van der Waals surface area contributed by atoms with Crippen LogP contribution in [0, 0.1) is 0 Å². The van der Waals surface area contributed by atoms with E-state index < -0.39 is 0 Å². The lowest BCUT2D eigenvalue weighted by Crippen LogP contribution is -2.36. The standard InChI is InChI=1S/C14H21N3/c1-12(13-9-15-10-13)11-17(2)8-6-14-5-3-4-7-16-14/h3-5,7,15H,6,8-11H2,1-2H3. The van der Waals surface area contributed by atoms with Gasteiger partial charge in [0.25, 0.3) is 0 Å². The van der Waals surface area contributed by atoms with Crippen molar-refractivity contribution in [2.24, 2.45) is 0 Å². The van der Waals surface area contributed by atoms with Crippen LogP contribution in [0.2, 0.25) is 0 Å². The molecule has 0 aromatic carbocycles. The van der Waals surface area contributed by atoms with E-state index in [2.05, 4.69) is 41.3 Å². The second-order valence-electron chi connectivity index (χ2n) is 4.80. The molecule has 92 valence electrons. The molecule has 1 aromatic heterocycles. The van der Waals surface area contributed by atoms with Crippen molar-refractivity contribution in [3.8, 4) is 0 Å². The molecule has 3 nitrogen and oxygen atoms in total. The van der Waals surface area contributed by atoms with Gasteiger partial charge in [-0.25, -0.2) is 0 Å². The summed E-state index contributed by atoms with van der Waals surface area (Å²) in [6, 6.07) is 6.11. The van der Waals surface area contributed by atoms with Crippen molar-refractivity contribution in [2.75, 3.05) is 33.2 Å². The Hall–Kier alpha value is -1.19. The molecule has 0 spiro atoms. The number of hydrogen-bond donors (Lipinski definition) is 1. The number of pyridine rings is 1. The van der Waals surface area contributed by atoms with Gasteiger partial charge >= 0.3 is 0 Å². The Morgan fingerprint density at radius 2 is 2.24 bits per heavy atom. The predicted molar refractivity (Wildman–Crippen MR) is 71.0 cm³/mol. The normalized spacial score (nSPS) is 14.9. The molecule has 1 fully saturated rings. The first-order valence-electron chi connectivity index (χ1n) is 6.22. The van der Waals surface area contributed by atoms with Gasteiger partial charge in [0.15, 0.2) is 0 Å². The molecule has 1 N–H and O–H groups in total. The van der Waals surface area contributed by atoms with Crippen LogP contribution in [0.4, 0.5) is 0 Å². The van der Waals surface area contributed by atoms with Crippen molar-refractivity contribution < 1.29 is 0 Å². The Morgan fingerprint density at radius 3 is 2.82 bits per heavy atom. The second kappa shape index (κ2) is 5.94. The number of rotatable bonds is 5. The molecule has 2 rings (SSSR count). The molecule has 0 saturated carbocycles. The van der Waals surface area contributed by atoms with E-state index in [9.17, 15) is 0 Å². The summed E-state index contributed by atoms with van der Waals surface area (Å²) < 4.78 is 0. The van der Waals surface area contributed by atoms with Crippen molar-refractivity contribution in [1.29, 1.82) is 0 Å². The van der Waals surface area contributed by atoms with Crippen molar-refractivity contribution in [2.45, 2.75) is 13.3 Å². The van der Waals surface area contributed by atoms with Gasteiger partial charge in [-0.15, -0.1) is 0 Å². The van der Waals surface area contributed by atoms with Crippen LogP contribution in [0.25, 0.3) is 0 Å². The number of likely N-dealkylation sites (N-methyl/N-ethyl adjacent to an activating group) is 1. The van der Waals surface area contributed by atoms with Gasteiger partial charge in [0.1, 0.15) is 0 Å². The molecule has 0 bridgehead atoms. The lowest BCUT2D eigenvalue weighted by atomic mass is 10.0. The Balaban J connectivity index is 1.76. The van der Waals surface area contributed by atoms with Gasteiger partial charge in [-0.3, -0.25) is 4.98 Å². The predicted octanol–water partition coefficient (Wildman–Crippen LogP) is 1.48. The highest BCUT2D eigenvalue weighted by atomic mass is 15.1. The van der Waals surface area contributed by atoms with E-state index in [0.717, 1.165) is 32.6 Å². The van der Waals surface area contributed by atoms with Crippen LogP contribution >= 0.6 is 0 Å². The molecule has 0 aliphatic carbocycles. The number of nitrogens with zero attached hydrogens (tertiary/aromatic N) is 2. The molecule has 2 heterocycles. The van der Waals surface area contributed by atoms with Crippen molar-refractivity contribution in [3.05, 3.63) is 41.2 Å². The van der Waals surface area contributed by atoms with E-state index >= 15 is 0 Å². The van der Waals surface area contributed by atoms with Gasteiger partial charge in [-0.2, -0.15) is 0 Å². The average Bonchev–Trinajstić information content (AvgIpc) is 2.25. The summed E-state index contributed by atoms with van der Waals surface area (Å²) in [4.78, 5) is 6.71. The fraction of sp³-hybridized carbons (Fsp3) is 0.500. The summed E-state index contributed by atoms with van der Waals surface area (Å²) in [5.74, 6) is 0. The van der Waals surface area contributed by atoms with E-state index in [4.69, 9.17) is 0 Å². The van der Waals surface area contributed by atoms with Gasteiger partial charge in [0, 0.05) is 44.5 Å². The second-order valence-corrected chi connectivity index (χ2v) is 4.80. The molecule has 0 unspecified atom stereocenters. The number of aromatic nitrogens is 1. The first-order valence-corrected chi connectivity index (χ1v) is 6.22. The highest BCUT2D eigenvalue weighted by Crippen LogP contribution is 2.09.